The van der Waals surface area contributed by atoms with Gasteiger partial charge in [-0.05, 0) is 73.3 Å². The number of sulfonamides is 1. The van der Waals surface area contributed by atoms with E-state index < -0.39 is 10.0 Å². The van der Waals surface area contributed by atoms with Gasteiger partial charge in [-0.15, -0.1) is 0 Å². The Kier molecular flexibility index (Phi) is 7.60. The van der Waals surface area contributed by atoms with Crippen molar-refractivity contribution in [2.24, 2.45) is 0 Å². The lowest BCUT2D eigenvalue weighted by Gasteiger charge is -2.30. The van der Waals surface area contributed by atoms with Gasteiger partial charge in [-0.2, -0.15) is 4.31 Å². The molecule has 2 saturated heterocycles. The predicted octanol–water partition coefficient (Wildman–Crippen LogP) is 5.01. The molecular formula is C31H37N3O4S. The number of piperidine rings is 1. The van der Waals surface area contributed by atoms with Crippen LogP contribution in [-0.2, 0) is 21.4 Å². The molecule has 3 aliphatic rings. The molecule has 3 aromatic carbocycles. The number of benzene rings is 3. The van der Waals surface area contributed by atoms with E-state index in [0.717, 1.165) is 48.1 Å². The van der Waals surface area contributed by atoms with Crippen LogP contribution in [0.2, 0.25) is 0 Å². The molecular weight excluding hydrogens is 510 g/mol. The van der Waals surface area contributed by atoms with Crippen LogP contribution in [-0.4, -0.2) is 55.8 Å². The number of likely N-dealkylation sites (tertiary alicyclic amines) is 1. The predicted molar refractivity (Wildman–Crippen MR) is 152 cm³/mol. The van der Waals surface area contributed by atoms with E-state index in [2.05, 4.69) is 28.4 Å². The topological polar surface area (TPSA) is 79.0 Å². The number of ether oxygens (including phenoxy) is 1. The normalized spacial score (nSPS) is 22.4. The highest BCUT2D eigenvalue weighted by atomic mass is 32.2. The van der Waals surface area contributed by atoms with Gasteiger partial charge in [0.05, 0.1) is 17.5 Å². The van der Waals surface area contributed by atoms with Crippen molar-refractivity contribution in [1.29, 1.82) is 0 Å². The van der Waals surface area contributed by atoms with Crippen molar-refractivity contribution in [3.05, 3.63) is 71.8 Å². The van der Waals surface area contributed by atoms with E-state index in [1.807, 2.05) is 30.3 Å². The molecule has 1 N–H and O–H groups in total. The van der Waals surface area contributed by atoms with Crippen LogP contribution >= 0.6 is 0 Å². The van der Waals surface area contributed by atoms with Crippen LogP contribution in [0.1, 0.15) is 62.1 Å². The number of rotatable bonds is 7. The fourth-order valence-electron chi connectivity index (χ4n) is 6.32. The summed E-state index contributed by atoms with van der Waals surface area (Å²) in [6.45, 7) is 4.21. The number of hydrogen-bond acceptors (Lipinski definition) is 5. The number of nitrogens with zero attached hydrogens (tertiary/aromatic N) is 2. The maximum atomic E-state index is 13.6. The van der Waals surface area contributed by atoms with Crippen LogP contribution in [0.4, 0.5) is 0 Å². The second-order valence-corrected chi connectivity index (χ2v) is 13.0. The summed E-state index contributed by atoms with van der Waals surface area (Å²) < 4.78 is 34.7. The zero-order chi connectivity index (χ0) is 26.8. The van der Waals surface area contributed by atoms with Gasteiger partial charge in [-0.1, -0.05) is 48.9 Å². The zero-order valence-corrected chi connectivity index (χ0v) is 23.2. The minimum atomic E-state index is -3.69. The van der Waals surface area contributed by atoms with Crippen LogP contribution in [0.15, 0.2) is 65.6 Å². The van der Waals surface area contributed by atoms with Gasteiger partial charge < -0.3 is 10.1 Å². The number of nitrogens with one attached hydrogen (secondary N) is 1. The molecule has 3 aromatic rings. The van der Waals surface area contributed by atoms with Gasteiger partial charge >= 0.3 is 0 Å². The van der Waals surface area contributed by atoms with Crippen molar-refractivity contribution in [3.8, 4) is 5.75 Å². The number of carbonyl (C=O) groups excluding carboxylic acids is 1. The van der Waals surface area contributed by atoms with Gasteiger partial charge in [0, 0.05) is 37.5 Å². The number of carbonyl (C=O) groups is 1. The summed E-state index contributed by atoms with van der Waals surface area (Å²) >= 11 is 0. The smallest absolute Gasteiger partial charge is 0.243 e. The number of hydrogen-bond donors (Lipinski definition) is 1. The molecule has 0 aromatic heterocycles. The molecule has 0 aliphatic carbocycles. The van der Waals surface area contributed by atoms with Crippen LogP contribution < -0.4 is 10.1 Å². The van der Waals surface area contributed by atoms with Gasteiger partial charge in [0.1, 0.15) is 5.75 Å². The average molecular weight is 548 g/mol. The van der Waals surface area contributed by atoms with E-state index in [4.69, 9.17) is 4.74 Å². The summed E-state index contributed by atoms with van der Waals surface area (Å²) in [6.07, 6.45) is 6.14. The Morgan fingerprint density at radius 2 is 1.72 bits per heavy atom. The van der Waals surface area contributed by atoms with E-state index in [1.54, 1.807) is 12.1 Å². The monoisotopic (exact) mass is 547 g/mol. The maximum Gasteiger partial charge on any atom is 0.243 e. The summed E-state index contributed by atoms with van der Waals surface area (Å²) in [7, 11) is -3.69. The summed E-state index contributed by atoms with van der Waals surface area (Å²) in [5.41, 5.74) is 2.24. The van der Waals surface area contributed by atoms with Gasteiger partial charge in [0.25, 0.3) is 0 Å². The Morgan fingerprint density at radius 1 is 0.897 bits per heavy atom. The highest BCUT2D eigenvalue weighted by Crippen LogP contribution is 2.34. The van der Waals surface area contributed by atoms with Crippen LogP contribution in [0.5, 0.6) is 5.75 Å². The Hall–Kier alpha value is -2.94. The Labute approximate surface area is 231 Å². The molecule has 3 heterocycles. The first-order chi connectivity index (χ1) is 19.0. The Morgan fingerprint density at radius 3 is 2.56 bits per heavy atom. The highest BCUT2D eigenvalue weighted by Gasteiger charge is 2.37. The summed E-state index contributed by atoms with van der Waals surface area (Å²) in [4.78, 5) is 16.0. The SMILES string of the molecule is O=C(CC1CCCN1S(=O)(=O)c1ccc2ccccc2c1)NC1CCOc2cc(CN3CCCCC3)ccc21. The van der Waals surface area contributed by atoms with E-state index in [9.17, 15) is 13.2 Å². The van der Waals surface area contributed by atoms with Gasteiger partial charge in [-0.25, -0.2) is 8.42 Å². The first-order valence-corrected chi connectivity index (χ1v) is 15.7. The summed E-state index contributed by atoms with van der Waals surface area (Å²) in [5.74, 6) is 0.735. The molecule has 8 heteroatoms. The van der Waals surface area contributed by atoms with Crippen LogP contribution in [0, 0.1) is 0 Å². The minimum Gasteiger partial charge on any atom is -0.493 e. The fraction of sp³-hybridized carbons (Fsp3) is 0.452. The highest BCUT2D eigenvalue weighted by molar-refractivity contribution is 7.89. The van der Waals surface area contributed by atoms with Gasteiger partial charge in [0.15, 0.2) is 0 Å². The van der Waals surface area contributed by atoms with Gasteiger partial charge in [-0.3, -0.25) is 9.69 Å². The molecule has 2 unspecified atom stereocenters. The number of amides is 1. The standard InChI is InChI=1S/C31H37N3O4S/c35-31(32-29-14-18-38-30-19-23(10-13-28(29)30)22-33-15-4-1-5-16-33)21-26-9-6-17-34(26)39(36,37)27-12-11-24-7-2-3-8-25(24)20-27/h2-3,7-8,10-13,19-20,26,29H,1,4-6,9,14-18,21-22H2,(H,32,35). The van der Waals surface area contributed by atoms with Gasteiger partial charge in [0.2, 0.25) is 15.9 Å². The van der Waals surface area contributed by atoms with E-state index in [0.29, 0.717) is 26.0 Å². The molecule has 0 bridgehead atoms. The average Bonchev–Trinajstić information content (AvgIpc) is 3.42. The molecule has 0 spiro atoms. The Bertz CT molecular complexity index is 1450. The largest absolute Gasteiger partial charge is 0.493 e. The summed E-state index contributed by atoms with van der Waals surface area (Å²) in [6, 6.07) is 18.9. The fourth-order valence-corrected chi connectivity index (χ4v) is 8.05. The molecule has 206 valence electrons. The van der Waals surface area contributed by atoms with Crippen molar-refractivity contribution in [2.75, 3.05) is 26.2 Å². The van der Waals surface area contributed by atoms with Crippen LogP contribution in [0.3, 0.4) is 0 Å². The van der Waals surface area contributed by atoms with Crippen molar-refractivity contribution >= 4 is 26.7 Å². The van der Waals surface area contributed by atoms with Crippen molar-refractivity contribution < 1.29 is 17.9 Å². The first-order valence-electron chi connectivity index (χ1n) is 14.3. The first kappa shape index (κ1) is 26.3. The van der Waals surface area contributed by atoms with E-state index >= 15 is 0 Å². The lowest BCUT2D eigenvalue weighted by molar-refractivity contribution is -0.122. The molecule has 2 atom stereocenters. The van der Waals surface area contributed by atoms with E-state index in [-0.39, 0.29) is 29.3 Å². The molecule has 6 rings (SSSR count). The third-order valence-electron chi connectivity index (χ3n) is 8.38. The lowest BCUT2D eigenvalue weighted by atomic mass is 9.98. The quantitative estimate of drug-likeness (QED) is 0.450. The molecule has 3 aliphatic heterocycles. The van der Waals surface area contributed by atoms with Crippen molar-refractivity contribution in [3.63, 3.8) is 0 Å². The molecule has 0 saturated carbocycles. The third kappa shape index (κ3) is 5.69. The molecule has 2 fully saturated rings. The van der Waals surface area contributed by atoms with Crippen molar-refractivity contribution in [1.82, 2.24) is 14.5 Å². The summed E-state index contributed by atoms with van der Waals surface area (Å²) in [5, 5.41) is 5.08. The number of fused-ring (bicyclic) bond motifs is 2. The molecule has 0 radical (unpaired) electrons. The molecule has 1 amide bonds. The maximum absolute atomic E-state index is 13.6. The minimum absolute atomic E-state index is 0.115. The van der Waals surface area contributed by atoms with Crippen LogP contribution in [0.25, 0.3) is 10.8 Å². The zero-order valence-electron chi connectivity index (χ0n) is 22.3. The van der Waals surface area contributed by atoms with E-state index in [1.165, 1.54) is 29.1 Å². The molecule has 39 heavy (non-hydrogen) atoms. The second kappa shape index (κ2) is 11.3. The second-order valence-electron chi connectivity index (χ2n) is 11.1. The Balaban J connectivity index is 1.12. The third-order valence-corrected chi connectivity index (χ3v) is 10.3. The van der Waals surface area contributed by atoms with Crippen molar-refractivity contribution in [2.45, 2.75) is 68.5 Å². The molecule has 7 nitrogen and oxygen atoms in total. The lowest BCUT2D eigenvalue weighted by Crippen LogP contribution is -2.40.